The number of hydrogen-bond acceptors (Lipinski definition) is 2. The van der Waals surface area contributed by atoms with Crippen molar-refractivity contribution in [2.45, 2.75) is 77.8 Å². The van der Waals surface area contributed by atoms with Crippen molar-refractivity contribution in [2.24, 2.45) is 11.3 Å². The van der Waals surface area contributed by atoms with Crippen LogP contribution in [0.3, 0.4) is 0 Å². The molecule has 1 saturated carbocycles. The summed E-state index contributed by atoms with van der Waals surface area (Å²) in [5.41, 5.74) is -0.0380. The highest BCUT2D eigenvalue weighted by Crippen LogP contribution is 2.40. The van der Waals surface area contributed by atoms with E-state index in [1.54, 1.807) is 0 Å². The first-order chi connectivity index (χ1) is 8.60. The molecule has 1 saturated heterocycles. The largest absolute Gasteiger partial charge is 0.303 e. The van der Waals surface area contributed by atoms with E-state index in [9.17, 15) is 4.79 Å². The van der Waals surface area contributed by atoms with Crippen molar-refractivity contribution in [1.29, 1.82) is 0 Å². The number of carbonyl (C=O) groups is 1. The molecule has 0 bridgehead atoms. The molecule has 0 aromatic heterocycles. The first-order valence-corrected chi connectivity index (χ1v) is 7.82. The first-order valence-electron chi connectivity index (χ1n) is 7.82. The molecular weight excluding hydrogens is 222 g/mol. The standard InChI is InChI=1S/C16H29NO/c1-4-15-8-7-14(3)17(15)11-16(12-18)9-5-6-13(2)10-16/h12-15H,4-11H2,1-3H3. The van der Waals surface area contributed by atoms with Crippen LogP contribution in [0.25, 0.3) is 0 Å². The average Bonchev–Trinajstić information content (AvgIpc) is 2.70. The van der Waals surface area contributed by atoms with E-state index in [0.717, 1.165) is 25.3 Å². The van der Waals surface area contributed by atoms with E-state index in [1.807, 2.05) is 0 Å². The quantitative estimate of drug-likeness (QED) is 0.711. The van der Waals surface area contributed by atoms with Gasteiger partial charge in [-0.2, -0.15) is 0 Å². The molecule has 4 atom stereocenters. The van der Waals surface area contributed by atoms with Gasteiger partial charge in [-0.05, 0) is 44.9 Å². The van der Waals surface area contributed by atoms with E-state index >= 15 is 0 Å². The van der Waals surface area contributed by atoms with Gasteiger partial charge in [0.25, 0.3) is 0 Å². The van der Waals surface area contributed by atoms with Crippen LogP contribution >= 0.6 is 0 Å². The summed E-state index contributed by atoms with van der Waals surface area (Å²) in [6.45, 7) is 7.94. The first kappa shape index (κ1) is 14.0. The monoisotopic (exact) mass is 251 g/mol. The molecule has 0 radical (unpaired) electrons. The van der Waals surface area contributed by atoms with Gasteiger partial charge in [0, 0.05) is 24.0 Å². The van der Waals surface area contributed by atoms with Crippen LogP contribution in [0, 0.1) is 11.3 Å². The van der Waals surface area contributed by atoms with Crippen molar-refractivity contribution >= 4 is 6.29 Å². The molecule has 1 heterocycles. The third-order valence-corrected chi connectivity index (χ3v) is 5.30. The fourth-order valence-electron chi connectivity index (χ4n) is 4.20. The van der Waals surface area contributed by atoms with Gasteiger partial charge in [-0.25, -0.2) is 0 Å². The molecule has 2 aliphatic rings. The molecule has 2 rings (SSSR count). The summed E-state index contributed by atoms with van der Waals surface area (Å²) in [6.07, 6.45) is 9.92. The SMILES string of the molecule is CCC1CCC(C)N1CC1(C=O)CCCC(C)C1. The van der Waals surface area contributed by atoms with Gasteiger partial charge in [-0.1, -0.05) is 26.7 Å². The number of likely N-dealkylation sites (tertiary alicyclic amines) is 1. The topological polar surface area (TPSA) is 20.3 Å². The molecule has 0 spiro atoms. The molecule has 0 aromatic rings. The molecule has 1 aliphatic carbocycles. The lowest BCUT2D eigenvalue weighted by Crippen LogP contribution is -2.46. The third-order valence-electron chi connectivity index (χ3n) is 5.30. The molecule has 2 nitrogen and oxygen atoms in total. The minimum atomic E-state index is -0.0380. The molecule has 2 fully saturated rings. The minimum absolute atomic E-state index is 0.0380. The van der Waals surface area contributed by atoms with Crippen LogP contribution in [0.5, 0.6) is 0 Å². The van der Waals surface area contributed by atoms with Crippen LogP contribution in [-0.2, 0) is 4.79 Å². The second-order valence-electron chi connectivity index (χ2n) is 6.84. The normalized spacial score (nSPS) is 42.1. The van der Waals surface area contributed by atoms with Gasteiger partial charge in [-0.3, -0.25) is 4.90 Å². The summed E-state index contributed by atoms with van der Waals surface area (Å²) in [5.74, 6) is 0.724. The summed E-state index contributed by atoms with van der Waals surface area (Å²) in [6, 6.07) is 1.39. The van der Waals surface area contributed by atoms with Gasteiger partial charge >= 0.3 is 0 Å². The predicted octanol–water partition coefficient (Wildman–Crippen LogP) is 3.64. The van der Waals surface area contributed by atoms with Crippen LogP contribution in [0.1, 0.15) is 65.7 Å². The highest BCUT2D eigenvalue weighted by Gasteiger charge is 2.40. The number of aldehydes is 1. The van der Waals surface area contributed by atoms with Gasteiger partial charge in [0.1, 0.15) is 6.29 Å². The highest BCUT2D eigenvalue weighted by molar-refractivity contribution is 5.60. The maximum absolute atomic E-state index is 11.7. The van der Waals surface area contributed by atoms with Crippen LogP contribution in [-0.4, -0.2) is 29.8 Å². The lowest BCUT2D eigenvalue weighted by atomic mass is 9.70. The molecule has 0 N–H and O–H groups in total. The van der Waals surface area contributed by atoms with Crippen molar-refractivity contribution in [3.63, 3.8) is 0 Å². The second kappa shape index (κ2) is 5.73. The van der Waals surface area contributed by atoms with Gasteiger partial charge in [0.15, 0.2) is 0 Å². The second-order valence-corrected chi connectivity index (χ2v) is 6.84. The molecular formula is C16H29NO. The zero-order valence-corrected chi connectivity index (χ0v) is 12.3. The van der Waals surface area contributed by atoms with Gasteiger partial charge in [0.2, 0.25) is 0 Å². The number of hydrogen-bond donors (Lipinski definition) is 0. The number of nitrogens with zero attached hydrogens (tertiary/aromatic N) is 1. The predicted molar refractivity (Wildman–Crippen MR) is 75.6 cm³/mol. The Bertz CT molecular complexity index is 291. The van der Waals surface area contributed by atoms with Crippen LogP contribution in [0.15, 0.2) is 0 Å². The van der Waals surface area contributed by atoms with Gasteiger partial charge in [0.05, 0.1) is 0 Å². The van der Waals surface area contributed by atoms with Crippen LogP contribution < -0.4 is 0 Å². The molecule has 4 unspecified atom stereocenters. The zero-order chi connectivity index (χ0) is 13.2. The maximum atomic E-state index is 11.7. The van der Waals surface area contributed by atoms with Crippen molar-refractivity contribution in [2.75, 3.05) is 6.54 Å². The molecule has 104 valence electrons. The summed E-state index contributed by atoms with van der Waals surface area (Å²) in [4.78, 5) is 14.3. The lowest BCUT2D eigenvalue weighted by molar-refractivity contribution is -0.120. The van der Waals surface area contributed by atoms with E-state index in [-0.39, 0.29) is 5.41 Å². The fourth-order valence-corrected chi connectivity index (χ4v) is 4.20. The molecule has 0 amide bonds. The van der Waals surface area contributed by atoms with Crippen LogP contribution in [0.2, 0.25) is 0 Å². The summed E-state index contributed by atoms with van der Waals surface area (Å²) in [5, 5.41) is 0. The van der Waals surface area contributed by atoms with Crippen molar-refractivity contribution < 1.29 is 4.79 Å². The van der Waals surface area contributed by atoms with Crippen molar-refractivity contribution in [1.82, 2.24) is 4.90 Å². The highest BCUT2D eigenvalue weighted by atomic mass is 16.1. The average molecular weight is 251 g/mol. The lowest BCUT2D eigenvalue weighted by Gasteiger charge is -2.41. The Labute approximate surface area is 112 Å². The summed E-state index contributed by atoms with van der Waals surface area (Å²) in [7, 11) is 0. The van der Waals surface area contributed by atoms with Gasteiger partial charge in [-0.15, -0.1) is 0 Å². The summed E-state index contributed by atoms with van der Waals surface area (Å²) < 4.78 is 0. The molecule has 18 heavy (non-hydrogen) atoms. The molecule has 0 aromatic carbocycles. The Morgan fingerprint density at radius 2 is 2.06 bits per heavy atom. The van der Waals surface area contributed by atoms with Gasteiger partial charge < -0.3 is 4.79 Å². The number of rotatable bonds is 4. The maximum Gasteiger partial charge on any atom is 0.127 e. The third kappa shape index (κ3) is 2.79. The Hall–Kier alpha value is -0.370. The van der Waals surface area contributed by atoms with E-state index in [4.69, 9.17) is 0 Å². The van der Waals surface area contributed by atoms with E-state index in [0.29, 0.717) is 12.1 Å². The van der Waals surface area contributed by atoms with Crippen molar-refractivity contribution in [3.8, 4) is 0 Å². The van der Waals surface area contributed by atoms with Crippen LogP contribution in [0.4, 0.5) is 0 Å². The molecule has 2 heteroatoms. The van der Waals surface area contributed by atoms with E-state index in [2.05, 4.69) is 25.7 Å². The Balaban J connectivity index is 2.07. The smallest absolute Gasteiger partial charge is 0.127 e. The summed E-state index contributed by atoms with van der Waals surface area (Å²) >= 11 is 0. The number of carbonyl (C=O) groups excluding carboxylic acids is 1. The zero-order valence-electron chi connectivity index (χ0n) is 12.3. The van der Waals surface area contributed by atoms with Crippen molar-refractivity contribution in [3.05, 3.63) is 0 Å². The Morgan fingerprint density at radius 3 is 2.67 bits per heavy atom. The Kier molecular flexibility index (Phi) is 4.47. The van der Waals surface area contributed by atoms with E-state index in [1.165, 1.54) is 38.4 Å². The van der Waals surface area contributed by atoms with E-state index < -0.39 is 0 Å². The molecule has 1 aliphatic heterocycles. The Morgan fingerprint density at radius 1 is 1.28 bits per heavy atom. The minimum Gasteiger partial charge on any atom is -0.303 e. The fraction of sp³-hybridized carbons (Fsp3) is 0.938.